The average molecular weight is 573 g/mol. The molecule has 2 aliphatic heterocycles. The number of hydrogen-bond acceptors (Lipinski definition) is 7. The molecule has 2 fully saturated rings. The van der Waals surface area contributed by atoms with Crippen LogP contribution in [0.2, 0.25) is 0 Å². The SMILES string of the molecule is CC(C)(C)OC(=O)[C@@H]1CCCN1C[C@H]1C[C@@H](c2ccc(CO)cc2)O[C@@H](c2ccc(NC(=O)c3ccccc3)cc2)O1. The average Bonchev–Trinajstić information content (AvgIpc) is 3.45. The number of aliphatic hydroxyl groups excluding tert-OH is 1. The summed E-state index contributed by atoms with van der Waals surface area (Å²) in [5.41, 5.74) is 3.40. The Morgan fingerprint density at radius 2 is 1.64 bits per heavy atom. The van der Waals surface area contributed by atoms with Gasteiger partial charge in [0.2, 0.25) is 0 Å². The van der Waals surface area contributed by atoms with E-state index in [0.717, 1.165) is 36.1 Å². The second kappa shape index (κ2) is 13.2. The van der Waals surface area contributed by atoms with E-state index in [1.165, 1.54) is 0 Å². The van der Waals surface area contributed by atoms with E-state index >= 15 is 0 Å². The van der Waals surface area contributed by atoms with Crippen molar-refractivity contribution in [1.29, 1.82) is 0 Å². The van der Waals surface area contributed by atoms with Crippen molar-refractivity contribution in [3.05, 3.63) is 101 Å². The van der Waals surface area contributed by atoms with E-state index in [4.69, 9.17) is 14.2 Å². The molecule has 0 bridgehead atoms. The van der Waals surface area contributed by atoms with Crippen LogP contribution in [0.4, 0.5) is 5.69 Å². The number of aliphatic hydroxyl groups is 1. The summed E-state index contributed by atoms with van der Waals surface area (Å²) in [7, 11) is 0. The predicted octanol–water partition coefficient (Wildman–Crippen LogP) is 5.78. The van der Waals surface area contributed by atoms with E-state index in [-0.39, 0.29) is 36.7 Å². The molecule has 2 N–H and O–H groups in total. The summed E-state index contributed by atoms with van der Waals surface area (Å²) in [6.07, 6.45) is 1.27. The first kappa shape index (κ1) is 29.9. The van der Waals surface area contributed by atoms with Crippen LogP contribution in [0.5, 0.6) is 0 Å². The molecule has 2 saturated heterocycles. The van der Waals surface area contributed by atoms with E-state index in [1.54, 1.807) is 12.1 Å². The zero-order valence-electron chi connectivity index (χ0n) is 24.5. The lowest BCUT2D eigenvalue weighted by atomic mass is 9.99. The molecule has 0 radical (unpaired) electrons. The molecule has 3 aromatic carbocycles. The lowest BCUT2D eigenvalue weighted by Crippen LogP contribution is -2.45. The number of amides is 1. The highest BCUT2D eigenvalue weighted by Gasteiger charge is 2.38. The fourth-order valence-corrected chi connectivity index (χ4v) is 5.49. The zero-order chi connectivity index (χ0) is 29.7. The fraction of sp³-hybridized carbons (Fsp3) is 0.412. The van der Waals surface area contributed by atoms with Crippen molar-refractivity contribution in [3.63, 3.8) is 0 Å². The van der Waals surface area contributed by atoms with E-state index in [9.17, 15) is 14.7 Å². The molecule has 2 heterocycles. The Bertz CT molecular complexity index is 1340. The van der Waals surface area contributed by atoms with Gasteiger partial charge in [-0.15, -0.1) is 0 Å². The number of nitrogens with zero attached hydrogens (tertiary/aromatic N) is 1. The molecule has 8 heteroatoms. The molecular weight excluding hydrogens is 532 g/mol. The molecule has 8 nitrogen and oxygen atoms in total. The van der Waals surface area contributed by atoms with E-state index in [1.807, 2.05) is 87.5 Å². The van der Waals surface area contributed by atoms with Crippen molar-refractivity contribution in [2.75, 3.05) is 18.4 Å². The minimum Gasteiger partial charge on any atom is -0.459 e. The Labute approximate surface area is 247 Å². The number of anilines is 1. The third-order valence-corrected chi connectivity index (χ3v) is 7.57. The summed E-state index contributed by atoms with van der Waals surface area (Å²) in [5.74, 6) is -0.363. The van der Waals surface area contributed by atoms with Crippen molar-refractivity contribution >= 4 is 17.6 Å². The summed E-state index contributed by atoms with van der Waals surface area (Å²) < 4.78 is 18.7. The first-order chi connectivity index (χ1) is 20.2. The lowest BCUT2D eigenvalue weighted by molar-refractivity contribution is -0.253. The number of rotatable bonds is 8. The minimum absolute atomic E-state index is 0.0195. The van der Waals surface area contributed by atoms with Crippen molar-refractivity contribution in [2.24, 2.45) is 0 Å². The Balaban J connectivity index is 1.32. The van der Waals surface area contributed by atoms with Gasteiger partial charge in [-0.2, -0.15) is 0 Å². The maximum atomic E-state index is 13.0. The minimum atomic E-state index is -0.632. The predicted molar refractivity (Wildman–Crippen MR) is 160 cm³/mol. The first-order valence-corrected chi connectivity index (χ1v) is 14.6. The molecule has 0 aliphatic carbocycles. The van der Waals surface area contributed by atoms with Gasteiger partial charge in [0, 0.05) is 29.8 Å². The van der Waals surface area contributed by atoms with Gasteiger partial charge in [-0.25, -0.2) is 0 Å². The maximum Gasteiger partial charge on any atom is 0.323 e. The van der Waals surface area contributed by atoms with Gasteiger partial charge in [0.25, 0.3) is 5.91 Å². The number of carbonyl (C=O) groups excluding carboxylic acids is 2. The van der Waals surface area contributed by atoms with E-state index in [0.29, 0.717) is 24.2 Å². The number of hydrogen-bond donors (Lipinski definition) is 2. The Morgan fingerprint density at radius 3 is 2.31 bits per heavy atom. The molecular formula is C34H40N2O6. The number of esters is 1. The smallest absolute Gasteiger partial charge is 0.323 e. The number of carbonyl (C=O) groups is 2. The molecule has 0 saturated carbocycles. The van der Waals surface area contributed by atoms with Crippen molar-refractivity contribution in [2.45, 2.75) is 76.8 Å². The van der Waals surface area contributed by atoms with Gasteiger partial charge >= 0.3 is 5.97 Å². The van der Waals surface area contributed by atoms with Gasteiger partial charge in [-0.3, -0.25) is 14.5 Å². The summed E-state index contributed by atoms with van der Waals surface area (Å²) in [4.78, 5) is 27.7. The standard InChI is InChI=1S/C34H40N2O6/c1-34(2,3)42-32(39)29-10-7-19-36(29)21-28-20-30(24-13-11-23(22-37)12-14-24)41-33(40-28)26-15-17-27(18-16-26)35-31(38)25-8-5-4-6-9-25/h4-6,8-9,11-18,28-30,33,37H,7,10,19-22H2,1-3H3,(H,35,38)/t28-,29+,30+,33+/m1/s1. The fourth-order valence-electron chi connectivity index (χ4n) is 5.49. The van der Waals surface area contributed by atoms with Crippen LogP contribution in [0.25, 0.3) is 0 Å². The highest BCUT2D eigenvalue weighted by atomic mass is 16.7. The molecule has 0 aromatic heterocycles. The van der Waals surface area contributed by atoms with Gasteiger partial charge in [0.1, 0.15) is 11.6 Å². The number of likely N-dealkylation sites (tertiary alicyclic amines) is 1. The highest BCUT2D eigenvalue weighted by molar-refractivity contribution is 6.04. The zero-order valence-corrected chi connectivity index (χ0v) is 24.5. The normalized spacial score (nSPS) is 23.0. The molecule has 0 unspecified atom stereocenters. The van der Waals surface area contributed by atoms with Gasteiger partial charge < -0.3 is 24.6 Å². The molecule has 42 heavy (non-hydrogen) atoms. The second-order valence-corrected chi connectivity index (χ2v) is 12.0. The largest absolute Gasteiger partial charge is 0.459 e. The number of ether oxygens (including phenoxy) is 3. The molecule has 2 aliphatic rings. The van der Waals surface area contributed by atoms with E-state index < -0.39 is 11.9 Å². The maximum absolute atomic E-state index is 13.0. The molecule has 5 rings (SSSR count). The Morgan fingerprint density at radius 1 is 0.952 bits per heavy atom. The molecule has 4 atom stereocenters. The van der Waals surface area contributed by atoms with Crippen LogP contribution in [-0.2, 0) is 25.6 Å². The molecule has 3 aromatic rings. The number of nitrogens with one attached hydrogen (secondary N) is 1. The van der Waals surface area contributed by atoms with Gasteiger partial charge in [-0.05, 0) is 75.5 Å². The van der Waals surface area contributed by atoms with Gasteiger partial charge in [0.15, 0.2) is 6.29 Å². The Hall–Kier alpha value is -3.56. The van der Waals surface area contributed by atoms with Crippen LogP contribution in [0.1, 0.15) is 79.5 Å². The lowest BCUT2D eigenvalue weighted by Gasteiger charge is -2.38. The topological polar surface area (TPSA) is 97.3 Å². The highest BCUT2D eigenvalue weighted by Crippen LogP contribution is 2.39. The summed E-state index contributed by atoms with van der Waals surface area (Å²) >= 11 is 0. The van der Waals surface area contributed by atoms with Crippen LogP contribution < -0.4 is 5.32 Å². The quantitative estimate of drug-likeness (QED) is 0.330. The van der Waals surface area contributed by atoms with Crippen LogP contribution in [0, 0.1) is 0 Å². The summed E-state index contributed by atoms with van der Waals surface area (Å²) in [5, 5.41) is 12.4. The van der Waals surface area contributed by atoms with Gasteiger partial charge in [0.05, 0.1) is 18.8 Å². The molecule has 222 valence electrons. The van der Waals surface area contributed by atoms with Crippen LogP contribution in [0.3, 0.4) is 0 Å². The summed E-state index contributed by atoms with van der Waals surface area (Å²) in [6, 6.07) is 24.1. The van der Waals surface area contributed by atoms with Crippen molar-refractivity contribution in [1.82, 2.24) is 4.90 Å². The second-order valence-electron chi connectivity index (χ2n) is 12.0. The Kier molecular flexibility index (Phi) is 9.38. The third-order valence-electron chi connectivity index (χ3n) is 7.57. The number of benzene rings is 3. The monoisotopic (exact) mass is 572 g/mol. The van der Waals surface area contributed by atoms with Gasteiger partial charge in [-0.1, -0.05) is 54.6 Å². The van der Waals surface area contributed by atoms with Crippen LogP contribution in [0.15, 0.2) is 78.9 Å². The first-order valence-electron chi connectivity index (χ1n) is 14.6. The van der Waals surface area contributed by atoms with Crippen molar-refractivity contribution in [3.8, 4) is 0 Å². The molecule has 1 amide bonds. The van der Waals surface area contributed by atoms with Crippen LogP contribution >= 0.6 is 0 Å². The van der Waals surface area contributed by atoms with E-state index in [2.05, 4.69) is 10.2 Å². The summed E-state index contributed by atoms with van der Waals surface area (Å²) in [6.45, 7) is 7.04. The van der Waals surface area contributed by atoms with Crippen molar-refractivity contribution < 1.29 is 28.9 Å². The molecule has 0 spiro atoms. The third kappa shape index (κ3) is 7.63. The van der Waals surface area contributed by atoms with Crippen LogP contribution in [-0.4, -0.2) is 52.7 Å².